The minimum Gasteiger partial charge on any atom is -0.368 e. The Bertz CT molecular complexity index is 451. The molecule has 1 aromatic heterocycles. The fourth-order valence-electron chi connectivity index (χ4n) is 2.19. The number of aromatic nitrogens is 2. The molecule has 20 heavy (non-hydrogen) atoms. The van der Waals surface area contributed by atoms with Crippen LogP contribution in [0, 0.1) is 0 Å². The average Bonchev–Trinajstić information content (AvgIpc) is 2.96. The van der Waals surface area contributed by atoms with Crippen LogP contribution in [0.5, 0.6) is 0 Å². The minimum atomic E-state index is -0.0942. The Labute approximate surface area is 119 Å². The first-order chi connectivity index (χ1) is 9.74. The second kappa shape index (κ2) is 7.59. The number of rotatable bonds is 6. The second-order valence-corrected chi connectivity index (χ2v) is 4.90. The van der Waals surface area contributed by atoms with Gasteiger partial charge in [-0.05, 0) is 45.0 Å². The molecule has 1 saturated heterocycles. The van der Waals surface area contributed by atoms with Crippen molar-refractivity contribution in [3.05, 3.63) is 24.0 Å². The van der Waals surface area contributed by atoms with E-state index in [9.17, 15) is 4.79 Å². The summed E-state index contributed by atoms with van der Waals surface area (Å²) in [7, 11) is 0. The number of hydrogen-bond donors (Lipinski definition) is 2. The Morgan fingerprint density at radius 2 is 2.05 bits per heavy atom. The number of nitrogens with one attached hydrogen (secondary N) is 1. The third kappa shape index (κ3) is 4.97. The van der Waals surface area contributed by atoms with Gasteiger partial charge in [-0.15, -0.1) is 0 Å². The lowest BCUT2D eigenvalue weighted by Crippen LogP contribution is -2.27. The van der Waals surface area contributed by atoms with Crippen molar-refractivity contribution in [1.29, 1.82) is 0 Å². The number of carbonyl (C=O) groups excluding carboxylic acids is 1. The van der Waals surface area contributed by atoms with Crippen molar-refractivity contribution in [2.45, 2.75) is 19.3 Å². The fraction of sp³-hybridized carbons (Fsp3) is 0.500. The molecule has 6 nitrogen and oxygen atoms in total. The summed E-state index contributed by atoms with van der Waals surface area (Å²) in [5.41, 5.74) is 6.14. The molecule has 3 N–H and O–H groups in total. The van der Waals surface area contributed by atoms with E-state index in [1.165, 1.54) is 32.0 Å². The van der Waals surface area contributed by atoms with Crippen molar-refractivity contribution in [1.82, 2.24) is 20.2 Å². The monoisotopic (exact) mass is 275 g/mol. The van der Waals surface area contributed by atoms with Crippen LogP contribution in [0.4, 0.5) is 5.95 Å². The average molecular weight is 275 g/mol. The molecule has 0 aliphatic carbocycles. The number of nitrogen functional groups attached to an aromatic ring is 1. The van der Waals surface area contributed by atoms with Crippen LogP contribution in [0.25, 0.3) is 6.08 Å². The van der Waals surface area contributed by atoms with Crippen molar-refractivity contribution in [2.24, 2.45) is 0 Å². The Hall–Kier alpha value is -1.95. The lowest BCUT2D eigenvalue weighted by molar-refractivity contribution is -0.116. The van der Waals surface area contributed by atoms with E-state index in [0.717, 1.165) is 18.5 Å². The molecule has 1 amide bonds. The van der Waals surface area contributed by atoms with E-state index < -0.39 is 0 Å². The van der Waals surface area contributed by atoms with Gasteiger partial charge in [0.15, 0.2) is 0 Å². The van der Waals surface area contributed by atoms with Crippen molar-refractivity contribution in [3.8, 4) is 0 Å². The number of amides is 1. The van der Waals surface area contributed by atoms with Crippen molar-refractivity contribution >= 4 is 17.9 Å². The van der Waals surface area contributed by atoms with Gasteiger partial charge in [0.2, 0.25) is 11.9 Å². The first-order valence-electron chi connectivity index (χ1n) is 7.00. The van der Waals surface area contributed by atoms with Crippen LogP contribution < -0.4 is 11.1 Å². The largest absolute Gasteiger partial charge is 0.368 e. The summed E-state index contributed by atoms with van der Waals surface area (Å²) in [5, 5.41) is 2.87. The normalized spacial score (nSPS) is 15.8. The van der Waals surface area contributed by atoms with Gasteiger partial charge in [-0.1, -0.05) is 0 Å². The van der Waals surface area contributed by atoms with Gasteiger partial charge in [0.25, 0.3) is 0 Å². The number of carbonyl (C=O) groups is 1. The molecule has 1 fully saturated rings. The van der Waals surface area contributed by atoms with Crippen molar-refractivity contribution in [2.75, 3.05) is 31.9 Å². The van der Waals surface area contributed by atoms with E-state index in [1.54, 1.807) is 18.5 Å². The molecule has 0 bridgehead atoms. The molecule has 1 aliphatic rings. The zero-order chi connectivity index (χ0) is 14.2. The van der Waals surface area contributed by atoms with Crippen LogP contribution in [0.2, 0.25) is 0 Å². The topological polar surface area (TPSA) is 84.1 Å². The van der Waals surface area contributed by atoms with Crippen LogP contribution in [0.1, 0.15) is 24.8 Å². The predicted molar refractivity (Wildman–Crippen MR) is 78.8 cm³/mol. The Balaban J connectivity index is 1.63. The molecule has 1 aromatic rings. The summed E-state index contributed by atoms with van der Waals surface area (Å²) in [5.74, 6) is 0.136. The third-order valence-corrected chi connectivity index (χ3v) is 3.27. The molecule has 0 unspecified atom stereocenters. The van der Waals surface area contributed by atoms with Crippen LogP contribution in [-0.2, 0) is 4.79 Å². The smallest absolute Gasteiger partial charge is 0.244 e. The molecule has 2 rings (SSSR count). The first-order valence-corrected chi connectivity index (χ1v) is 7.00. The van der Waals surface area contributed by atoms with E-state index in [1.807, 2.05) is 0 Å². The summed E-state index contributed by atoms with van der Waals surface area (Å²) in [6.45, 7) is 4.17. The van der Waals surface area contributed by atoms with E-state index in [0.29, 0.717) is 6.54 Å². The maximum atomic E-state index is 11.6. The molecule has 1 aliphatic heterocycles. The van der Waals surface area contributed by atoms with Crippen molar-refractivity contribution in [3.63, 3.8) is 0 Å². The standard InChI is InChI=1S/C14H21N5O/c15-14-17-10-12(11-18-14)4-5-13(20)16-6-3-9-19-7-1-2-8-19/h4-5,10-11H,1-3,6-9H2,(H,16,20)(H2,15,17,18)/b5-4+. The van der Waals surface area contributed by atoms with E-state index in [2.05, 4.69) is 20.2 Å². The van der Waals surface area contributed by atoms with Gasteiger partial charge < -0.3 is 16.0 Å². The number of nitrogens with zero attached hydrogens (tertiary/aromatic N) is 3. The van der Waals surface area contributed by atoms with Gasteiger partial charge in [0.05, 0.1) is 0 Å². The van der Waals surface area contributed by atoms with E-state index in [4.69, 9.17) is 5.73 Å². The molecule has 0 saturated carbocycles. The zero-order valence-electron chi connectivity index (χ0n) is 11.6. The molecule has 6 heteroatoms. The van der Waals surface area contributed by atoms with Gasteiger partial charge in [-0.3, -0.25) is 4.79 Å². The molecule has 0 aromatic carbocycles. The molecule has 2 heterocycles. The molecule has 0 atom stereocenters. The quantitative estimate of drug-likeness (QED) is 0.589. The number of anilines is 1. The molecular formula is C14H21N5O. The Morgan fingerprint density at radius 3 is 2.75 bits per heavy atom. The van der Waals surface area contributed by atoms with Crippen LogP contribution in [0.15, 0.2) is 18.5 Å². The lowest BCUT2D eigenvalue weighted by atomic mass is 10.3. The predicted octanol–water partition coefficient (Wildman–Crippen LogP) is 0.674. The first kappa shape index (κ1) is 14.5. The molecular weight excluding hydrogens is 254 g/mol. The molecule has 108 valence electrons. The lowest BCUT2D eigenvalue weighted by Gasteiger charge is -2.13. The minimum absolute atomic E-state index is 0.0942. The molecule has 0 spiro atoms. The van der Waals surface area contributed by atoms with Gasteiger partial charge in [0, 0.05) is 30.6 Å². The highest BCUT2D eigenvalue weighted by molar-refractivity contribution is 5.91. The summed E-state index contributed by atoms with van der Waals surface area (Å²) >= 11 is 0. The van der Waals surface area contributed by atoms with E-state index in [-0.39, 0.29) is 11.9 Å². The summed E-state index contributed by atoms with van der Waals surface area (Å²) in [6, 6.07) is 0. The van der Waals surface area contributed by atoms with Crippen molar-refractivity contribution < 1.29 is 4.79 Å². The van der Waals surface area contributed by atoms with Crippen LogP contribution >= 0.6 is 0 Å². The number of nitrogens with two attached hydrogens (primary N) is 1. The maximum Gasteiger partial charge on any atom is 0.244 e. The second-order valence-electron chi connectivity index (χ2n) is 4.90. The Morgan fingerprint density at radius 1 is 1.35 bits per heavy atom. The Kier molecular flexibility index (Phi) is 5.49. The van der Waals surface area contributed by atoms with Gasteiger partial charge in [0.1, 0.15) is 0 Å². The fourth-order valence-corrected chi connectivity index (χ4v) is 2.19. The summed E-state index contributed by atoms with van der Waals surface area (Å²) in [6.07, 6.45) is 9.93. The van der Waals surface area contributed by atoms with Gasteiger partial charge in [-0.2, -0.15) is 0 Å². The highest BCUT2D eigenvalue weighted by Crippen LogP contribution is 2.06. The highest BCUT2D eigenvalue weighted by atomic mass is 16.1. The third-order valence-electron chi connectivity index (χ3n) is 3.27. The molecule has 0 radical (unpaired) electrons. The number of likely N-dealkylation sites (tertiary alicyclic amines) is 1. The maximum absolute atomic E-state index is 11.6. The van der Waals surface area contributed by atoms with Gasteiger partial charge in [-0.25, -0.2) is 9.97 Å². The highest BCUT2D eigenvalue weighted by Gasteiger charge is 2.10. The van der Waals surface area contributed by atoms with Crippen LogP contribution in [-0.4, -0.2) is 47.0 Å². The summed E-state index contributed by atoms with van der Waals surface area (Å²) in [4.78, 5) is 21.8. The van der Waals surface area contributed by atoms with E-state index >= 15 is 0 Å². The van der Waals surface area contributed by atoms with Gasteiger partial charge >= 0.3 is 0 Å². The summed E-state index contributed by atoms with van der Waals surface area (Å²) < 4.78 is 0. The number of hydrogen-bond acceptors (Lipinski definition) is 5. The van der Waals surface area contributed by atoms with Crippen LogP contribution in [0.3, 0.4) is 0 Å². The zero-order valence-corrected chi connectivity index (χ0v) is 11.6. The SMILES string of the molecule is Nc1ncc(/C=C/C(=O)NCCCN2CCCC2)cn1.